The van der Waals surface area contributed by atoms with Gasteiger partial charge in [-0.3, -0.25) is 0 Å². The molecule has 1 aromatic carbocycles. The summed E-state index contributed by atoms with van der Waals surface area (Å²) >= 11 is 1.79. The van der Waals surface area contributed by atoms with Crippen molar-refractivity contribution in [3.8, 4) is 5.75 Å². The molecule has 0 radical (unpaired) electrons. The Balaban J connectivity index is 2.07. The van der Waals surface area contributed by atoms with Crippen LogP contribution < -0.4 is 10.1 Å². The quantitative estimate of drug-likeness (QED) is 0.868. The van der Waals surface area contributed by atoms with Crippen LogP contribution in [0.1, 0.15) is 41.2 Å². The van der Waals surface area contributed by atoms with Crippen molar-refractivity contribution in [2.24, 2.45) is 0 Å². The summed E-state index contributed by atoms with van der Waals surface area (Å²) in [5.41, 5.74) is 0.920. The molecule has 2 nitrogen and oxygen atoms in total. The van der Waals surface area contributed by atoms with Gasteiger partial charge in [0.2, 0.25) is 0 Å². The fourth-order valence-electron chi connectivity index (χ4n) is 2.19. The number of rotatable bonds is 5. The predicted molar refractivity (Wildman–Crippen MR) is 82.0 cm³/mol. The zero-order valence-corrected chi connectivity index (χ0v) is 13.1. The molecule has 1 heterocycles. The molecular weight excluding hydrogens is 273 g/mol. The van der Waals surface area contributed by atoms with Gasteiger partial charge in [0, 0.05) is 21.8 Å². The Morgan fingerprint density at radius 3 is 2.45 bits per heavy atom. The molecule has 108 valence electrons. The standard InChI is InChI=1S/C16H20FNOS/c1-10-5-8-16(20-10)12(3)18-11(2)13-6-7-15(19-4)14(17)9-13/h5-9,11-12,18H,1-4H3. The molecule has 0 aliphatic rings. The Bertz CT molecular complexity index is 582. The SMILES string of the molecule is COc1ccc(C(C)NC(C)c2ccc(C)s2)cc1F. The number of halogens is 1. The highest BCUT2D eigenvalue weighted by Crippen LogP contribution is 2.27. The lowest BCUT2D eigenvalue weighted by molar-refractivity contribution is 0.385. The number of benzene rings is 1. The third-order valence-corrected chi connectivity index (χ3v) is 4.55. The van der Waals surface area contributed by atoms with Gasteiger partial charge in [0.05, 0.1) is 7.11 Å². The smallest absolute Gasteiger partial charge is 0.165 e. The van der Waals surface area contributed by atoms with Gasteiger partial charge in [-0.1, -0.05) is 6.07 Å². The summed E-state index contributed by atoms with van der Waals surface area (Å²) in [6, 6.07) is 9.67. The summed E-state index contributed by atoms with van der Waals surface area (Å²) < 4.78 is 18.7. The molecule has 1 aromatic heterocycles. The lowest BCUT2D eigenvalue weighted by atomic mass is 10.1. The molecule has 2 atom stereocenters. The summed E-state index contributed by atoms with van der Waals surface area (Å²) in [6.45, 7) is 6.27. The number of hydrogen-bond donors (Lipinski definition) is 1. The van der Waals surface area contributed by atoms with E-state index in [1.165, 1.54) is 22.9 Å². The van der Waals surface area contributed by atoms with Crippen LogP contribution in [-0.2, 0) is 0 Å². The summed E-state index contributed by atoms with van der Waals surface area (Å²) in [5.74, 6) is -0.0406. The van der Waals surface area contributed by atoms with Crippen molar-refractivity contribution in [1.29, 1.82) is 0 Å². The Morgan fingerprint density at radius 1 is 1.15 bits per heavy atom. The molecule has 0 spiro atoms. The molecule has 4 heteroatoms. The van der Waals surface area contributed by atoms with E-state index in [0.29, 0.717) is 0 Å². The van der Waals surface area contributed by atoms with Gasteiger partial charge in [-0.15, -0.1) is 11.3 Å². The van der Waals surface area contributed by atoms with E-state index in [0.717, 1.165) is 5.56 Å². The van der Waals surface area contributed by atoms with E-state index in [1.807, 2.05) is 13.0 Å². The van der Waals surface area contributed by atoms with E-state index in [4.69, 9.17) is 4.74 Å². The molecule has 2 rings (SSSR count). The van der Waals surface area contributed by atoms with Crippen molar-refractivity contribution >= 4 is 11.3 Å². The predicted octanol–water partition coefficient (Wildman–Crippen LogP) is 4.62. The third kappa shape index (κ3) is 3.38. The molecule has 2 aromatic rings. The van der Waals surface area contributed by atoms with Crippen LogP contribution >= 0.6 is 11.3 Å². The maximum atomic E-state index is 13.7. The summed E-state index contributed by atoms with van der Waals surface area (Å²) in [5, 5.41) is 3.49. The van der Waals surface area contributed by atoms with Crippen molar-refractivity contribution in [2.45, 2.75) is 32.9 Å². The first-order chi connectivity index (χ1) is 9.51. The molecular formula is C16H20FNOS. The Labute approximate surface area is 123 Å². The molecule has 0 aliphatic carbocycles. The minimum absolute atomic E-state index is 0.0767. The number of aryl methyl sites for hydroxylation is 1. The summed E-state index contributed by atoms with van der Waals surface area (Å²) in [7, 11) is 1.47. The molecule has 0 saturated heterocycles. The molecule has 0 aliphatic heterocycles. The summed E-state index contributed by atoms with van der Waals surface area (Å²) in [4.78, 5) is 2.60. The van der Waals surface area contributed by atoms with Gasteiger partial charge < -0.3 is 10.1 Å². The van der Waals surface area contributed by atoms with Crippen molar-refractivity contribution in [1.82, 2.24) is 5.32 Å². The van der Waals surface area contributed by atoms with Gasteiger partial charge in [-0.05, 0) is 50.6 Å². The van der Waals surface area contributed by atoms with Gasteiger partial charge in [-0.25, -0.2) is 4.39 Å². The highest BCUT2D eigenvalue weighted by molar-refractivity contribution is 7.12. The Kier molecular flexibility index (Phi) is 4.78. The molecule has 20 heavy (non-hydrogen) atoms. The molecule has 0 bridgehead atoms. The fraction of sp³-hybridized carbons (Fsp3) is 0.375. The molecule has 0 amide bonds. The highest BCUT2D eigenvalue weighted by Gasteiger charge is 2.14. The highest BCUT2D eigenvalue weighted by atomic mass is 32.1. The minimum Gasteiger partial charge on any atom is -0.494 e. The van der Waals surface area contributed by atoms with Gasteiger partial charge >= 0.3 is 0 Å². The van der Waals surface area contributed by atoms with Crippen LogP contribution in [-0.4, -0.2) is 7.11 Å². The number of methoxy groups -OCH3 is 1. The monoisotopic (exact) mass is 293 g/mol. The maximum Gasteiger partial charge on any atom is 0.165 e. The lowest BCUT2D eigenvalue weighted by Gasteiger charge is -2.20. The van der Waals surface area contributed by atoms with Crippen LogP contribution in [0, 0.1) is 12.7 Å². The maximum absolute atomic E-state index is 13.7. The van der Waals surface area contributed by atoms with E-state index < -0.39 is 0 Å². The first-order valence-electron chi connectivity index (χ1n) is 6.67. The van der Waals surface area contributed by atoms with Crippen LogP contribution in [0.15, 0.2) is 30.3 Å². The van der Waals surface area contributed by atoms with E-state index in [9.17, 15) is 4.39 Å². The van der Waals surface area contributed by atoms with Gasteiger partial charge in [0.15, 0.2) is 11.6 Å². The van der Waals surface area contributed by atoms with E-state index >= 15 is 0 Å². The van der Waals surface area contributed by atoms with Crippen molar-refractivity contribution in [3.05, 3.63) is 51.5 Å². The van der Waals surface area contributed by atoms with E-state index in [-0.39, 0.29) is 23.7 Å². The van der Waals surface area contributed by atoms with E-state index in [1.54, 1.807) is 17.4 Å². The number of nitrogens with one attached hydrogen (secondary N) is 1. The zero-order valence-electron chi connectivity index (χ0n) is 12.2. The van der Waals surface area contributed by atoms with E-state index in [2.05, 4.69) is 31.3 Å². The zero-order chi connectivity index (χ0) is 14.7. The second-order valence-electron chi connectivity index (χ2n) is 4.95. The second-order valence-corrected chi connectivity index (χ2v) is 6.27. The molecule has 1 N–H and O–H groups in total. The lowest BCUT2D eigenvalue weighted by Crippen LogP contribution is -2.21. The van der Waals surface area contributed by atoms with Gasteiger partial charge in [0.25, 0.3) is 0 Å². The number of thiophene rings is 1. The van der Waals surface area contributed by atoms with Crippen LogP contribution in [0.5, 0.6) is 5.75 Å². The van der Waals surface area contributed by atoms with Crippen LogP contribution in [0.3, 0.4) is 0 Å². The number of ether oxygens (including phenoxy) is 1. The van der Waals surface area contributed by atoms with Crippen molar-refractivity contribution < 1.29 is 9.13 Å². The summed E-state index contributed by atoms with van der Waals surface area (Å²) in [6.07, 6.45) is 0. The largest absolute Gasteiger partial charge is 0.494 e. The Morgan fingerprint density at radius 2 is 1.90 bits per heavy atom. The average molecular weight is 293 g/mol. The van der Waals surface area contributed by atoms with Crippen molar-refractivity contribution in [2.75, 3.05) is 7.11 Å². The first-order valence-corrected chi connectivity index (χ1v) is 7.48. The molecule has 0 saturated carbocycles. The van der Waals surface area contributed by atoms with Gasteiger partial charge in [0.1, 0.15) is 0 Å². The van der Waals surface area contributed by atoms with Crippen molar-refractivity contribution in [3.63, 3.8) is 0 Å². The molecule has 0 fully saturated rings. The van der Waals surface area contributed by atoms with Crippen LogP contribution in [0.25, 0.3) is 0 Å². The second kappa shape index (κ2) is 6.37. The number of hydrogen-bond acceptors (Lipinski definition) is 3. The van der Waals surface area contributed by atoms with Crippen LogP contribution in [0.2, 0.25) is 0 Å². The third-order valence-electron chi connectivity index (χ3n) is 3.36. The minimum atomic E-state index is -0.321. The fourth-order valence-corrected chi connectivity index (χ4v) is 3.08. The van der Waals surface area contributed by atoms with Crippen LogP contribution in [0.4, 0.5) is 4.39 Å². The molecule has 2 unspecified atom stereocenters. The Hall–Kier alpha value is -1.39. The average Bonchev–Trinajstić information content (AvgIpc) is 2.85. The normalized spacial score (nSPS) is 14.1. The first kappa shape index (κ1) is 15.0. The van der Waals surface area contributed by atoms with Gasteiger partial charge in [-0.2, -0.15) is 0 Å². The topological polar surface area (TPSA) is 21.3 Å².